The molecule has 0 amide bonds. The first-order valence-corrected chi connectivity index (χ1v) is 6.62. The number of halogens is 5. The average molecular weight is 364 g/mol. The first kappa shape index (κ1) is 15.8. The molecule has 2 aromatic rings. The van der Waals surface area contributed by atoms with Crippen LogP contribution in [0.1, 0.15) is 17.2 Å². The Morgan fingerprint density at radius 3 is 2.43 bits per heavy atom. The fourth-order valence-electron chi connectivity index (χ4n) is 1.85. The second kappa shape index (κ2) is 6.03. The van der Waals surface area contributed by atoms with Gasteiger partial charge in [-0.15, -0.1) is 13.2 Å². The van der Waals surface area contributed by atoms with Gasteiger partial charge in [-0.25, -0.2) is 4.39 Å². The fourth-order valence-corrected chi connectivity index (χ4v) is 2.23. The highest BCUT2D eigenvalue weighted by Crippen LogP contribution is 2.30. The van der Waals surface area contributed by atoms with Gasteiger partial charge in [0.05, 0.1) is 10.5 Å². The molecule has 0 heterocycles. The smallest absolute Gasteiger partial charge is 0.406 e. The van der Waals surface area contributed by atoms with E-state index in [2.05, 4.69) is 20.7 Å². The topological polar surface area (TPSA) is 35.2 Å². The lowest BCUT2D eigenvalue weighted by molar-refractivity contribution is -0.274. The zero-order chi connectivity index (χ0) is 15.6. The number of hydrogen-bond acceptors (Lipinski definition) is 2. The Morgan fingerprint density at radius 2 is 1.76 bits per heavy atom. The summed E-state index contributed by atoms with van der Waals surface area (Å²) in [7, 11) is 0. The van der Waals surface area contributed by atoms with Gasteiger partial charge in [0.25, 0.3) is 0 Å². The lowest BCUT2D eigenvalue weighted by atomic mass is 9.99. The van der Waals surface area contributed by atoms with Crippen LogP contribution in [0.25, 0.3) is 0 Å². The van der Waals surface area contributed by atoms with Crippen LogP contribution in [0.5, 0.6) is 5.75 Å². The van der Waals surface area contributed by atoms with Gasteiger partial charge in [-0.3, -0.25) is 0 Å². The van der Waals surface area contributed by atoms with Crippen molar-refractivity contribution in [1.29, 1.82) is 0 Å². The Bertz CT molecular complexity index is 645. The summed E-state index contributed by atoms with van der Waals surface area (Å²) in [5, 5.41) is 0. The first-order valence-electron chi connectivity index (χ1n) is 5.83. The van der Waals surface area contributed by atoms with E-state index in [-0.39, 0.29) is 10.0 Å². The van der Waals surface area contributed by atoms with Crippen molar-refractivity contribution in [2.45, 2.75) is 12.4 Å². The molecule has 2 rings (SSSR count). The molecular formula is C14H10BrF4NO. The SMILES string of the molecule is NC(c1cccc(OC(F)(F)F)c1)c1cccc(Br)c1F. The van der Waals surface area contributed by atoms with Crippen molar-refractivity contribution in [3.8, 4) is 5.75 Å². The van der Waals surface area contributed by atoms with Gasteiger partial charge in [-0.1, -0.05) is 24.3 Å². The van der Waals surface area contributed by atoms with Gasteiger partial charge in [0.1, 0.15) is 11.6 Å². The third-order valence-corrected chi connectivity index (χ3v) is 3.38. The van der Waals surface area contributed by atoms with E-state index in [9.17, 15) is 17.6 Å². The van der Waals surface area contributed by atoms with E-state index in [0.29, 0.717) is 5.56 Å². The quantitative estimate of drug-likeness (QED) is 0.812. The van der Waals surface area contributed by atoms with Gasteiger partial charge in [0.15, 0.2) is 0 Å². The molecule has 112 valence electrons. The summed E-state index contributed by atoms with van der Waals surface area (Å²) in [6.07, 6.45) is -4.79. The monoisotopic (exact) mass is 363 g/mol. The molecule has 0 spiro atoms. The lowest BCUT2D eigenvalue weighted by Gasteiger charge is -2.16. The Hall–Kier alpha value is -1.60. The van der Waals surface area contributed by atoms with Gasteiger partial charge >= 0.3 is 6.36 Å². The summed E-state index contributed by atoms with van der Waals surface area (Å²) in [5.41, 5.74) is 6.41. The number of alkyl halides is 3. The molecule has 0 bridgehead atoms. The maximum atomic E-state index is 14.0. The van der Waals surface area contributed by atoms with Crippen LogP contribution < -0.4 is 10.5 Å². The van der Waals surface area contributed by atoms with Crippen molar-refractivity contribution < 1.29 is 22.3 Å². The third-order valence-electron chi connectivity index (χ3n) is 2.77. The first-order chi connectivity index (χ1) is 9.78. The fraction of sp³-hybridized carbons (Fsp3) is 0.143. The molecule has 1 atom stereocenters. The summed E-state index contributed by atoms with van der Waals surface area (Å²) in [6, 6.07) is 8.84. The van der Waals surface area contributed by atoms with E-state index in [4.69, 9.17) is 5.73 Å². The van der Waals surface area contributed by atoms with Crippen molar-refractivity contribution in [2.24, 2.45) is 5.73 Å². The number of ether oxygens (including phenoxy) is 1. The number of benzene rings is 2. The predicted octanol–water partition coefficient (Wildman–Crippen LogP) is 4.53. The zero-order valence-corrected chi connectivity index (χ0v) is 12.1. The molecule has 2 aromatic carbocycles. The second-order valence-corrected chi connectivity index (χ2v) is 5.10. The average Bonchev–Trinajstić information content (AvgIpc) is 2.39. The molecule has 0 aliphatic rings. The van der Waals surface area contributed by atoms with Gasteiger partial charge in [0.2, 0.25) is 0 Å². The lowest BCUT2D eigenvalue weighted by Crippen LogP contribution is -2.18. The van der Waals surface area contributed by atoms with Crippen LogP contribution in [0.3, 0.4) is 0 Å². The van der Waals surface area contributed by atoms with E-state index in [1.54, 1.807) is 6.07 Å². The predicted molar refractivity (Wildman–Crippen MR) is 73.3 cm³/mol. The van der Waals surface area contributed by atoms with Crippen molar-refractivity contribution >= 4 is 15.9 Å². The zero-order valence-electron chi connectivity index (χ0n) is 10.5. The standard InChI is InChI=1S/C14H10BrF4NO/c15-11-6-2-5-10(12(11)16)13(20)8-3-1-4-9(7-8)21-14(17,18)19/h1-7,13H,20H2. The largest absolute Gasteiger partial charge is 0.573 e. The van der Waals surface area contributed by atoms with Crippen LogP contribution in [-0.2, 0) is 0 Å². The van der Waals surface area contributed by atoms with Crippen LogP contribution >= 0.6 is 15.9 Å². The molecule has 0 aliphatic carbocycles. The van der Waals surface area contributed by atoms with Crippen LogP contribution in [0.15, 0.2) is 46.9 Å². The van der Waals surface area contributed by atoms with E-state index in [0.717, 1.165) is 12.1 Å². The van der Waals surface area contributed by atoms with E-state index in [1.165, 1.54) is 24.3 Å². The normalized spacial score (nSPS) is 13.0. The molecule has 2 nitrogen and oxygen atoms in total. The van der Waals surface area contributed by atoms with Crippen molar-refractivity contribution in [3.05, 3.63) is 63.9 Å². The summed E-state index contributed by atoms with van der Waals surface area (Å²) in [5.74, 6) is -0.946. The minimum absolute atomic E-state index is 0.175. The van der Waals surface area contributed by atoms with Gasteiger partial charge < -0.3 is 10.5 Å². The molecule has 1 unspecified atom stereocenters. The number of nitrogens with two attached hydrogens (primary N) is 1. The van der Waals surface area contributed by atoms with Crippen molar-refractivity contribution in [2.75, 3.05) is 0 Å². The minimum Gasteiger partial charge on any atom is -0.406 e. The molecule has 0 saturated heterocycles. The third kappa shape index (κ3) is 3.95. The Labute approximate surface area is 126 Å². The Kier molecular flexibility index (Phi) is 4.53. The van der Waals surface area contributed by atoms with Crippen LogP contribution in [0, 0.1) is 5.82 Å². The second-order valence-electron chi connectivity index (χ2n) is 4.24. The maximum Gasteiger partial charge on any atom is 0.573 e. The van der Waals surface area contributed by atoms with Gasteiger partial charge in [-0.2, -0.15) is 0 Å². The van der Waals surface area contributed by atoms with Crippen molar-refractivity contribution in [3.63, 3.8) is 0 Å². The molecule has 0 radical (unpaired) electrons. The molecule has 7 heteroatoms. The molecule has 0 aliphatic heterocycles. The molecule has 21 heavy (non-hydrogen) atoms. The summed E-state index contributed by atoms with van der Waals surface area (Å²) >= 11 is 3.04. The van der Waals surface area contributed by atoms with Crippen molar-refractivity contribution in [1.82, 2.24) is 0 Å². The minimum atomic E-state index is -4.79. The molecule has 0 saturated carbocycles. The summed E-state index contributed by atoms with van der Waals surface area (Å²) < 4.78 is 54.6. The van der Waals surface area contributed by atoms with Crippen LogP contribution in [0.2, 0.25) is 0 Å². The van der Waals surface area contributed by atoms with E-state index < -0.39 is 24.0 Å². The Morgan fingerprint density at radius 1 is 1.10 bits per heavy atom. The molecule has 0 aromatic heterocycles. The molecule has 2 N–H and O–H groups in total. The van der Waals surface area contributed by atoms with Crippen LogP contribution in [0.4, 0.5) is 17.6 Å². The van der Waals surface area contributed by atoms with Gasteiger partial charge in [0, 0.05) is 5.56 Å². The summed E-state index contributed by atoms with van der Waals surface area (Å²) in [6.45, 7) is 0. The highest BCUT2D eigenvalue weighted by molar-refractivity contribution is 9.10. The summed E-state index contributed by atoms with van der Waals surface area (Å²) in [4.78, 5) is 0. The highest BCUT2D eigenvalue weighted by atomic mass is 79.9. The maximum absolute atomic E-state index is 14.0. The number of rotatable bonds is 3. The van der Waals surface area contributed by atoms with E-state index in [1.807, 2.05) is 0 Å². The number of hydrogen-bond donors (Lipinski definition) is 1. The Balaban J connectivity index is 2.33. The highest BCUT2D eigenvalue weighted by Gasteiger charge is 2.31. The molecular weight excluding hydrogens is 354 g/mol. The van der Waals surface area contributed by atoms with Crippen LogP contribution in [-0.4, -0.2) is 6.36 Å². The van der Waals surface area contributed by atoms with Gasteiger partial charge in [-0.05, 0) is 39.7 Å². The van der Waals surface area contributed by atoms with E-state index >= 15 is 0 Å². The molecule has 0 fully saturated rings.